The lowest BCUT2D eigenvalue weighted by Crippen LogP contribution is -2.46. The van der Waals surface area contributed by atoms with Gasteiger partial charge in [-0.25, -0.2) is 0 Å². The van der Waals surface area contributed by atoms with Gasteiger partial charge in [-0.15, -0.1) is 0 Å². The highest BCUT2D eigenvalue weighted by Crippen LogP contribution is 2.26. The molecular weight excluding hydrogens is 426 g/mol. The topological polar surface area (TPSA) is 19.4 Å². The molecule has 0 bridgehead atoms. The predicted octanol–water partition coefficient (Wildman–Crippen LogP) is 9.37. The Morgan fingerprint density at radius 2 is 1.40 bits per heavy atom. The Balaban J connectivity index is -0.00000106. The summed E-state index contributed by atoms with van der Waals surface area (Å²) in [5.41, 5.74) is 4.98. The van der Waals surface area contributed by atoms with E-state index in [1.807, 2.05) is 53.8 Å². The first kappa shape index (κ1) is 36.9. The maximum absolute atomic E-state index is 4.48. The van der Waals surface area contributed by atoms with Crippen molar-refractivity contribution in [3.63, 3.8) is 0 Å². The van der Waals surface area contributed by atoms with Gasteiger partial charge in [0, 0.05) is 50.0 Å². The van der Waals surface area contributed by atoms with Crippen molar-refractivity contribution >= 4 is 22.7 Å². The minimum atomic E-state index is 0. The highest BCUT2D eigenvalue weighted by Gasteiger charge is 2.17. The molecule has 0 unspecified atom stereocenters. The van der Waals surface area contributed by atoms with Crippen LogP contribution in [0.4, 0.5) is 5.69 Å². The van der Waals surface area contributed by atoms with Crippen LogP contribution < -0.4 is 4.90 Å². The maximum Gasteiger partial charge on any atom is 0.0722 e. The Morgan fingerprint density at radius 3 is 2.03 bits per heavy atom. The van der Waals surface area contributed by atoms with Crippen LogP contribution in [0.5, 0.6) is 0 Å². The van der Waals surface area contributed by atoms with Crippen LogP contribution in [0.2, 0.25) is 0 Å². The van der Waals surface area contributed by atoms with Gasteiger partial charge < -0.3 is 4.90 Å². The average molecular weight is 482 g/mol. The van der Waals surface area contributed by atoms with E-state index in [4.69, 9.17) is 0 Å². The largest absolute Gasteiger partial charge is 0.368 e. The van der Waals surface area contributed by atoms with Gasteiger partial charge >= 0.3 is 0 Å². The van der Waals surface area contributed by atoms with E-state index in [0.717, 1.165) is 38.2 Å². The van der Waals surface area contributed by atoms with Crippen LogP contribution in [0.25, 0.3) is 17.0 Å². The Morgan fingerprint density at radius 1 is 0.771 bits per heavy atom. The van der Waals surface area contributed by atoms with E-state index in [1.54, 1.807) is 0 Å². The Labute approximate surface area is 218 Å². The molecule has 35 heavy (non-hydrogen) atoms. The number of aromatic nitrogens is 1. The smallest absolute Gasteiger partial charge is 0.0722 e. The summed E-state index contributed by atoms with van der Waals surface area (Å²) >= 11 is 0. The summed E-state index contributed by atoms with van der Waals surface area (Å²) in [6, 6.07) is 19.3. The van der Waals surface area contributed by atoms with Crippen LogP contribution in [0.3, 0.4) is 0 Å². The van der Waals surface area contributed by atoms with Crippen LogP contribution in [0.1, 0.15) is 74.9 Å². The molecule has 0 aliphatic carbocycles. The summed E-state index contributed by atoms with van der Waals surface area (Å²) in [4.78, 5) is 9.49. The summed E-state index contributed by atoms with van der Waals surface area (Å²) in [5, 5.41) is 1.25. The SMILES string of the molecule is C.C.C.CC.CC.CC.Cc1cccc(/C=C/CN2CCN(c3cccc4ncccc34)CC2)c1. The van der Waals surface area contributed by atoms with Crippen LogP contribution in [0.15, 0.2) is 66.9 Å². The van der Waals surface area contributed by atoms with Crippen molar-refractivity contribution in [1.82, 2.24) is 9.88 Å². The van der Waals surface area contributed by atoms with Gasteiger partial charge in [0.1, 0.15) is 0 Å². The standard InChI is InChI=1S/C23H25N3.3C2H6.3CH4/c1-19-6-2-7-20(18-19)8-5-13-25-14-16-26(17-15-25)23-11-3-10-22-21(23)9-4-12-24-22;3*1-2;;;/h2-12,18H,13-17H2,1H3;3*1-2H3;3*1H4/b8-5+;;;;;;. The predicted molar refractivity (Wildman–Crippen MR) is 165 cm³/mol. The first-order valence-electron chi connectivity index (χ1n) is 12.3. The van der Waals surface area contributed by atoms with Crippen molar-refractivity contribution in [2.24, 2.45) is 0 Å². The number of benzene rings is 2. The fraction of sp³-hybridized carbons (Fsp3) is 0.469. The Hall–Kier alpha value is -2.65. The molecular formula is C32H55N3. The molecule has 0 radical (unpaired) electrons. The molecule has 0 saturated carbocycles. The van der Waals surface area contributed by atoms with Gasteiger partial charge in [-0.05, 0) is 36.8 Å². The van der Waals surface area contributed by atoms with Crippen molar-refractivity contribution < 1.29 is 0 Å². The third-order valence-electron chi connectivity index (χ3n) is 5.05. The minimum Gasteiger partial charge on any atom is -0.368 e. The molecule has 1 aromatic heterocycles. The molecule has 3 heteroatoms. The van der Waals surface area contributed by atoms with Crippen LogP contribution in [-0.2, 0) is 0 Å². The zero-order valence-electron chi connectivity index (χ0n) is 21.3. The number of pyridine rings is 1. The summed E-state index contributed by atoms with van der Waals surface area (Å²) in [6.07, 6.45) is 6.38. The second kappa shape index (κ2) is 21.9. The van der Waals surface area contributed by atoms with Gasteiger partial charge in [-0.2, -0.15) is 0 Å². The van der Waals surface area contributed by atoms with Crippen molar-refractivity contribution in [3.05, 3.63) is 78.0 Å². The normalized spacial score (nSPS) is 12.3. The molecule has 1 saturated heterocycles. The summed E-state index contributed by atoms with van der Waals surface area (Å²) in [6.45, 7) is 19.5. The lowest BCUT2D eigenvalue weighted by atomic mass is 10.1. The Kier molecular flexibility index (Phi) is 23.0. The molecule has 0 atom stereocenters. The third-order valence-corrected chi connectivity index (χ3v) is 5.05. The maximum atomic E-state index is 4.48. The molecule has 3 aromatic rings. The molecule has 1 fully saturated rings. The number of fused-ring (bicyclic) bond motifs is 1. The van der Waals surface area contributed by atoms with E-state index in [2.05, 4.69) is 82.4 Å². The quantitative estimate of drug-likeness (QED) is 0.370. The number of hydrogen-bond acceptors (Lipinski definition) is 3. The van der Waals surface area contributed by atoms with Crippen molar-refractivity contribution in [1.29, 1.82) is 0 Å². The molecule has 4 rings (SSSR count). The first-order valence-corrected chi connectivity index (χ1v) is 12.3. The molecule has 3 nitrogen and oxygen atoms in total. The molecule has 0 amide bonds. The van der Waals surface area contributed by atoms with E-state index in [1.165, 1.54) is 22.2 Å². The summed E-state index contributed by atoms with van der Waals surface area (Å²) < 4.78 is 0. The number of piperazine rings is 1. The van der Waals surface area contributed by atoms with Crippen LogP contribution in [-0.4, -0.2) is 42.6 Å². The average Bonchev–Trinajstić information content (AvgIpc) is 2.88. The fourth-order valence-corrected chi connectivity index (χ4v) is 3.65. The Bertz CT molecular complexity index is 904. The highest BCUT2D eigenvalue weighted by atomic mass is 15.3. The number of nitrogens with zero attached hydrogens (tertiary/aromatic N) is 3. The van der Waals surface area contributed by atoms with Crippen LogP contribution >= 0.6 is 0 Å². The second-order valence-electron chi connectivity index (χ2n) is 6.95. The van der Waals surface area contributed by atoms with Crippen LogP contribution in [0, 0.1) is 6.92 Å². The van der Waals surface area contributed by atoms with Gasteiger partial charge in [0.05, 0.1) is 5.52 Å². The van der Waals surface area contributed by atoms with E-state index >= 15 is 0 Å². The number of anilines is 1. The lowest BCUT2D eigenvalue weighted by molar-refractivity contribution is 0.284. The third kappa shape index (κ3) is 11.6. The molecule has 2 heterocycles. The van der Waals surface area contributed by atoms with Crippen molar-refractivity contribution in [3.8, 4) is 0 Å². The molecule has 0 spiro atoms. The van der Waals surface area contributed by atoms with E-state index in [0.29, 0.717) is 0 Å². The van der Waals surface area contributed by atoms with Gasteiger partial charge in [-0.3, -0.25) is 9.88 Å². The zero-order valence-corrected chi connectivity index (χ0v) is 21.3. The number of hydrogen-bond donors (Lipinski definition) is 0. The van der Waals surface area contributed by atoms with E-state index in [9.17, 15) is 0 Å². The van der Waals surface area contributed by atoms with Crippen molar-refractivity contribution in [2.45, 2.75) is 70.7 Å². The van der Waals surface area contributed by atoms with Crippen molar-refractivity contribution in [2.75, 3.05) is 37.6 Å². The fourth-order valence-electron chi connectivity index (χ4n) is 3.65. The lowest BCUT2D eigenvalue weighted by Gasteiger charge is -2.36. The first-order chi connectivity index (χ1) is 15.8. The van der Waals surface area contributed by atoms with Gasteiger partial charge in [0.15, 0.2) is 0 Å². The second-order valence-corrected chi connectivity index (χ2v) is 6.95. The molecule has 198 valence electrons. The monoisotopic (exact) mass is 481 g/mol. The molecule has 1 aliphatic heterocycles. The van der Waals surface area contributed by atoms with E-state index in [-0.39, 0.29) is 22.3 Å². The highest BCUT2D eigenvalue weighted by molar-refractivity contribution is 5.91. The van der Waals surface area contributed by atoms with Gasteiger partial charge in [-0.1, -0.05) is 112 Å². The minimum absolute atomic E-state index is 0. The summed E-state index contributed by atoms with van der Waals surface area (Å²) in [5.74, 6) is 0. The van der Waals surface area contributed by atoms with E-state index < -0.39 is 0 Å². The molecule has 1 aliphatic rings. The summed E-state index contributed by atoms with van der Waals surface area (Å²) in [7, 11) is 0. The zero-order chi connectivity index (χ0) is 23.8. The number of aryl methyl sites for hydroxylation is 1. The molecule has 2 aromatic carbocycles. The molecule has 0 N–H and O–H groups in total. The van der Waals surface area contributed by atoms with Gasteiger partial charge in [0.2, 0.25) is 0 Å². The van der Waals surface area contributed by atoms with Gasteiger partial charge in [0.25, 0.3) is 0 Å². The number of rotatable bonds is 4.